The molecule has 3 N–H and O–H groups in total. The van der Waals surface area contributed by atoms with E-state index in [1.165, 1.54) is 5.56 Å². The Morgan fingerprint density at radius 2 is 1.82 bits per heavy atom. The van der Waals surface area contributed by atoms with E-state index in [4.69, 9.17) is 0 Å². The highest BCUT2D eigenvalue weighted by molar-refractivity contribution is 5.89. The zero-order valence-corrected chi connectivity index (χ0v) is 24.9. The smallest absolute Gasteiger partial charge is 0.243 e. The van der Waals surface area contributed by atoms with Crippen molar-refractivity contribution in [2.24, 2.45) is 11.8 Å². The van der Waals surface area contributed by atoms with E-state index in [2.05, 4.69) is 44.0 Å². The fourth-order valence-corrected chi connectivity index (χ4v) is 6.18. The summed E-state index contributed by atoms with van der Waals surface area (Å²) >= 11 is 0. The van der Waals surface area contributed by atoms with Crippen LogP contribution < -0.4 is 5.32 Å². The number of likely N-dealkylation sites (N-methyl/N-ethyl adjacent to an activating group) is 1. The van der Waals surface area contributed by atoms with Crippen LogP contribution in [0.25, 0.3) is 0 Å². The number of rotatable bonds is 8. The average Bonchev–Trinajstić information content (AvgIpc) is 2.89. The molecule has 8 heteroatoms. The van der Waals surface area contributed by atoms with E-state index in [1.807, 2.05) is 37.2 Å². The number of nitrogens with zero attached hydrogens (tertiary/aromatic N) is 3. The molecule has 8 nitrogen and oxygen atoms in total. The standard InChI is InChI=1S/C32H46N4O4/c1-21(2)28(19-35-13-12-32(4,22(3)17-35)25-8-7-9-26(37)16-25)33-31(40)29-15-23-10-11-27(38)14-24(23)18-36(29)30(39)20-34(5)6/h7-11,14,16,21-22,28-29,37-38H,12-13,15,17-20H2,1-6H3,(H,33,40)/t22-,28+,29?,32+/m0/s1. The molecule has 0 aliphatic carbocycles. The summed E-state index contributed by atoms with van der Waals surface area (Å²) in [5.74, 6) is 0.832. The molecule has 0 saturated carbocycles. The average molecular weight is 551 g/mol. The molecular formula is C32H46N4O4. The minimum Gasteiger partial charge on any atom is -0.508 e. The van der Waals surface area contributed by atoms with Crippen molar-refractivity contribution in [3.05, 3.63) is 59.2 Å². The number of piperidine rings is 1. The van der Waals surface area contributed by atoms with Crippen LogP contribution in [0, 0.1) is 11.8 Å². The van der Waals surface area contributed by atoms with Crippen molar-refractivity contribution < 1.29 is 19.8 Å². The Labute approximate surface area is 239 Å². The molecule has 2 amide bonds. The summed E-state index contributed by atoms with van der Waals surface area (Å²) in [6.45, 7) is 11.9. The first-order chi connectivity index (χ1) is 18.9. The molecule has 0 radical (unpaired) electrons. The predicted octanol–water partition coefficient (Wildman–Crippen LogP) is 3.35. The summed E-state index contributed by atoms with van der Waals surface area (Å²) in [5.41, 5.74) is 3.02. The van der Waals surface area contributed by atoms with Crippen LogP contribution in [-0.4, -0.2) is 89.1 Å². The van der Waals surface area contributed by atoms with Crippen LogP contribution in [0.3, 0.4) is 0 Å². The second kappa shape index (κ2) is 12.2. The number of carbonyl (C=O) groups excluding carboxylic acids is 2. The van der Waals surface area contributed by atoms with E-state index in [0.29, 0.717) is 24.6 Å². The van der Waals surface area contributed by atoms with Crippen molar-refractivity contribution in [2.45, 2.75) is 64.6 Å². The second-order valence-electron chi connectivity index (χ2n) is 12.7. The minimum absolute atomic E-state index is 0.0248. The molecule has 1 unspecified atom stereocenters. The van der Waals surface area contributed by atoms with Crippen molar-refractivity contribution in [1.82, 2.24) is 20.0 Å². The number of phenolic OH excluding ortho intramolecular Hbond substituents is 2. The summed E-state index contributed by atoms with van der Waals surface area (Å²) in [5, 5.41) is 23.3. The van der Waals surface area contributed by atoms with E-state index in [-0.39, 0.29) is 41.5 Å². The van der Waals surface area contributed by atoms with Gasteiger partial charge in [0.15, 0.2) is 0 Å². The van der Waals surface area contributed by atoms with Gasteiger partial charge in [0, 0.05) is 32.1 Å². The van der Waals surface area contributed by atoms with E-state index in [0.717, 1.165) is 37.2 Å². The van der Waals surface area contributed by atoms with Crippen LogP contribution in [0.4, 0.5) is 0 Å². The van der Waals surface area contributed by atoms with Gasteiger partial charge in [-0.2, -0.15) is 0 Å². The molecule has 0 spiro atoms. The number of carbonyl (C=O) groups is 2. The van der Waals surface area contributed by atoms with E-state index in [1.54, 1.807) is 23.1 Å². The number of nitrogens with one attached hydrogen (secondary N) is 1. The van der Waals surface area contributed by atoms with Crippen LogP contribution in [0.2, 0.25) is 0 Å². The Morgan fingerprint density at radius 1 is 1.10 bits per heavy atom. The molecule has 4 rings (SSSR count). The third-order valence-corrected chi connectivity index (χ3v) is 9.05. The molecule has 1 fully saturated rings. The number of hydrogen-bond acceptors (Lipinski definition) is 6. The highest BCUT2D eigenvalue weighted by Gasteiger charge is 2.40. The molecule has 0 bridgehead atoms. The molecule has 2 aliphatic rings. The highest BCUT2D eigenvalue weighted by Crippen LogP contribution is 2.40. The number of likely N-dealkylation sites (tertiary alicyclic amines) is 1. The van der Waals surface area contributed by atoms with Gasteiger partial charge in [-0.15, -0.1) is 0 Å². The lowest BCUT2D eigenvalue weighted by Crippen LogP contribution is -2.58. The number of aromatic hydroxyl groups is 2. The fourth-order valence-electron chi connectivity index (χ4n) is 6.18. The largest absolute Gasteiger partial charge is 0.508 e. The van der Waals surface area contributed by atoms with E-state index < -0.39 is 6.04 Å². The Morgan fingerprint density at radius 3 is 2.48 bits per heavy atom. The molecule has 4 atom stereocenters. The zero-order valence-electron chi connectivity index (χ0n) is 24.9. The molecule has 40 heavy (non-hydrogen) atoms. The molecule has 2 aromatic rings. The van der Waals surface area contributed by atoms with Gasteiger partial charge in [-0.1, -0.05) is 45.9 Å². The van der Waals surface area contributed by atoms with Crippen molar-refractivity contribution in [3.63, 3.8) is 0 Å². The minimum atomic E-state index is -0.597. The first-order valence-electron chi connectivity index (χ1n) is 14.4. The normalized spacial score (nSPS) is 24.1. The van der Waals surface area contributed by atoms with Crippen molar-refractivity contribution in [1.29, 1.82) is 0 Å². The Hall–Kier alpha value is -3.10. The van der Waals surface area contributed by atoms with Crippen LogP contribution in [-0.2, 0) is 28.0 Å². The van der Waals surface area contributed by atoms with Crippen molar-refractivity contribution in [3.8, 4) is 11.5 Å². The second-order valence-corrected chi connectivity index (χ2v) is 12.7. The molecule has 2 aliphatic heterocycles. The van der Waals surface area contributed by atoms with Crippen LogP contribution in [0.1, 0.15) is 50.8 Å². The van der Waals surface area contributed by atoms with Crippen molar-refractivity contribution >= 4 is 11.8 Å². The van der Waals surface area contributed by atoms with Gasteiger partial charge in [0.25, 0.3) is 0 Å². The molecule has 2 heterocycles. The van der Waals surface area contributed by atoms with Gasteiger partial charge in [-0.05, 0) is 85.3 Å². The number of phenols is 2. The third-order valence-electron chi connectivity index (χ3n) is 9.05. The Bertz CT molecular complexity index is 1220. The van der Waals surface area contributed by atoms with Crippen LogP contribution >= 0.6 is 0 Å². The van der Waals surface area contributed by atoms with Gasteiger partial charge in [0.2, 0.25) is 11.8 Å². The Balaban J connectivity index is 1.46. The summed E-state index contributed by atoms with van der Waals surface area (Å²) in [4.78, 5) is 32.9. The topological polar surface area (TPSA) is 96.3 Å². The van der Waals surface area contributed by atoms with Crippen LogP contribution in [0.5, 0.6) is 11.5 Å². The fraction of sp³-hybridized carbons (Fsp3) is 0.562. The number of amides is 2. The van der Waals surface area contributed by atoms with Gasteiger partial charge < -0.3 is 30.2 Å². The summed E-state index contributed by atoms with van der Waals surface area (Å²) in [7, 11) is 3.69. The van der Waals surface area contributed by atoms with Gasteiger partial charge in [0.05, 0.1) is 6.54 Å². The lowest BCUT2D eigenvalue weighted by Gasteiger charge is -2.46. The zero-order chi connectivity index (χ0) is 29.2. The summed E-state index contributed by atoms with van der Waals surface area (Å²) in [6, 6.07) is 12.2. The van der Waals surface area contributed by atoms with Crippen molar-refractivity contribution in [2.75, 3.05) is 40.3 Å². The summed E-state index contributed by atoms with van der Waals surface area (Å²) in [6.07, 6.45) is 1.39. The third kappa shape index (κ3) is 6.61. The SMILES string of the molecule is CC(C)[C@@H](CN1CC[C@@](C)(c2cccc(O)c2)[C@@H](C)C1)NC(=O)C1Cc2ccc(O)cc2CN1C(=O)CN(C)C. The van der Waals surface area contributed by atoms with Gasteiger partial charge in [-0.3, -0.25) is 9.59 Å². The van der Waals surface area contributed by atoms with E-state index in [9.17, 15) is 19.8 Å². The highest BCUT2D eigenvalue weighted by atomic mass is 16.3. The van der Waals surface area contributed by atoms with Gasteiger partial charge in [0.1, 0.15) is 17.5 Å². The molecule has 2 aromatic carbocycles. The van der Waals surface area contributed by atoms with Crippen LogP contribution in [0.15, 0.2) is 42.5 Å². The molecule has 1 saturated heterocycles. The molecular weight excluding hydrogens is 504 g/mol. The Kier molecular flexibility index (Phi) is 9.10. The number of fused-ring (bicyclic) bond motifs is 1. The number of benzene rings is 2. The van der Waals surface area contributed by atoms with Gasteiger partial charge >= 0.3 is 0 Å². The monoisotopic (exact) mass is 550 g/mol. The lowest BCUT2D eigenvalue weighted by molar-refractivity contribution is -0.142. The lowest BCUT2D eigenvalue weighted by atomic mass is 9.68. The maximum absolute atomic E-state index is 13.8. The quantitative estimate of drug-likeness (QED) is 0.467. The maximum Gasteiger partial charge on any atom is 0.243 e. The number of hydrogen-bond donors (Lipinski definition) is 3. The molecule has 0 aromatic heterocycles. The predicted molar refractivity (Wildman–Crippen MR) is 157 cm³/mol. The van der Waals surface area contributed by atoms with E-state index >= 15 is 0 Å². The molecule has 218 valence electrons. The van der Waals surface area contributed by atoms with Gasteiger partial charge in [-0.25, -0.2) is 0 Å². The maximum atomic E-state index is 13.8. The summed E-state index contributed by atoms with van der Waals surface area (Å²) < 4.78 is 0. The first-order valence-corrected chi connectivity index (χ1v) is 14.4. The first kappa shape index (κ1) is 29.9.